The zero-order valence-corrected chi connectivity index (χ0v) is 21.8. The van der Waals surface area contributed by atoms with Crippen molar-refractivity contribution < 1.29 is 9.13 Å². The van der Waals surface area contributed by atoms with Gasteiger partial charge in [-0.25, -0.2) is 4.39 Å². The Balaban J connectivity index is 0.00000341. The molecule has 0 aliphatic carbocycles. The molecule has 2 N–H and O–H groups in total. The summed E-state index contributed by atoms with van der Waals surface area (Å²) in [6.45, 7) is 11.5. The van der Waals surface area contributed by atoms with E-state index in [0.717, 1.165) is 58.0 Å². The lowest BCUT2D eigenvalue weighted by atomic mass is 9.78. The Morgan fingerprint density at radius 2 is 1.84 bits per heavy atom. The summed E-state index contributed by atoms with van der Waals surface area (Å²) in [5.41, 5.74) is 1.32. The van der Waals surface area contributed by atoms with Gasteiger partial charge in [0, 0.05) is 51.8 Å². The Kier molecular flexibility index (Phi) is 10.5. The van der Waals surface area contributed by atoms with E-state index >= 15 is 0 Å². The summed E-state index contributed by atoms with van der Waals surface area (Å²) in [6, 6.07) is 7.28. The van der Waals surface area contributed by atoms with Gasteiger partial charge in [-0.05, 0) is 48.8 Å². The second-order valence-electron chi connectivity index (χ2n) is 9.83. The van der Waals surface area contributed by atoms with Crippen LogP contribution in [0.2, 0.25) is 0 Å². The highest BCUT2D eigenvalue weighted by Gasteiger charge is 2.35. The van der Waals surface area contributed by atoms with Gasteiger partial charge in [-0.1, -0.05) is 32.9 Å². The first-order chi connectivity index (χ1) is 14.3. The number of benzene rings is 1. The van der Waals surface area contributed by atoms with Crippen LogP contribution in [0, 0.1) is 17.2 Å². The molecule has 3 rings (SSSR count). The number of nitrogens with one attached hydrogen (secondary N) is 2. The number of nitrogens with zero attached hydrogens (tertiary/aromatic N) is 2. The molecule has 2 aliphatic heterocycles. The molecule has 0 bridgehead atoms. The summed E-state index contributed by atoms with van der Waals surface area (Å²) < 4.78 is 19.2. The van der Waals surface area contributed by atoms with Gasteiger partial charge in [0.1, 0.15) is 5.82 Å². The fraction of sp³-hybridized carbons (Fsp3) is 0.708. The van der Waals surface area contributed by atoms with Crippen molar-refractivity contribution in [2.45, 2.75) is 65.1 Å². The molecule has 2 saturated heterocycles. The highest BCUT2D eigenvalue weighted by atomic mass is 127. The highest BCUT2D eigenvalue weighted by molar-refractivity contribution is 14.0. The smallest absolute Gasteiger partial charge is 0.191 e. The van der Waals surface area contributed by atoms with Crippen LogP contribution in [-0.4, -0.2) is 56.3 Å². The lowest BCUT2D eigenvalue weighted by molar-refractivity contribution is -0.0835. The van der Waals surface area contributed by atoms with Gasteiger partial charge < -0.3 is 15.4 Å². The number of aliphatic imine (C=N–C) groups is 1. The molecule has 2 aliphatic rings. The molecule has 5 nitrogen and oxygen atoms in total. The molecule has 0 radical (unpaired) electrons. The first kappa shape index (κ1) is 26.3. The third-order valence-corrected chi connectivity index (χ3v) is 6.30. The average molecular weight is 547 g/mol. The summed E-state index contributed by atoms with van der Waals surface area (Å²) in [4.78, 5) is 6.89. The SMILES string of the molecule is CN=C(NCC1CCCOC1C(C)(C)C)NC1CCN(Cc2ccc(F)cc2)CC1.I. The number of hydrogen-bond donors (Lipinski definition) is 2. The summed E-state index contributed by atoms with van der Waals surface area (Å²) in [7, 11) is 1.84. The van der Waals surface area contributed by atoms with Crippen LogP contribution in [0.3, 0.4) is 0 Å². The lowest BCUT2D eigenvalue weighted by Gasteiger charge is -2.40. The zero-order chi connectivity index (χ0) is 21.6. The molecule has 0 aromatic heterocycles. The molecule has 0 amide bonds. The molecular formula is C24H40FIN4O. The minimum atomic E-state index is -0.172. The third-order valence-electron chi connectivity index (χ3n) is 6.30. The maximum Gasteiger partial charge on any atom is 0.191 e. The second kappa shape index (κ2) is 12.3. The Labute approximate surface area is 204 Å². The first-order valence-electron chi connectivity index (χ1n) is 11.4. The molecule has 1 aromatic rings. The number of halogens is 2. The van der Waals surface area contributed by atoms with Gasteiger partial charge in [-0.2, -0.15) is 0 Å². The summed E-state index contributed by atoms with van der Waals surface area (Å²) >= 11 is 0. The summed E-state index contributed by atoms with van der Waals surface area (Å²) in [5.74, 6) is 1.23. The maximum absolute atomic E-state index is 13.1. The molecule has 1 aromatic carbocycles. The van der Waals surface area contributed by atoms with Gasteiger partial charge in [-0.3, -0.25) is 9.89 Å². The summed E-state index contributed by atoms with van der Waals surface area (Å²) in [6.07, 6.45) is 4.79. The van der Waals surface area contributed by atoms with Crippen molar-refractivity contribution in [2.24, 2.45) is 16.3 Å². The topological polar surface area (TPSA) is 48.9 Å². The van der Waals surface area contributed by atoms with Crippen molar-refractivity contribution in [1.29, 1.82) is 0 Å². The quantitative estimate of drug-likeness (QED) is 0.327. The minimum absolute atomic E-state index is 0. The number of likely N-dealkylation sites (tertiary alicyclic amines) is 1. The Morgan fingerprint density at radius 1 is 1.16 bits per heavy atom. The number of ether oxygens (including phenoxy) is 1. The average Bonchev–Trinajstić information content (AvgIpc) is 2.73. The molecule has 0 saturated carbocycles. The molecule has 2 unspecified atom stereocenters. The van der Waals surface area contributed by atoms with Gasteiger partial charge in [-0.15, -0.1) is 24.0 Å². The molecule has 7 heteroatoms. The lowest BCUT2D eigenvalue weighted by Crippen LogP contribution is -2.51. The van der Waals surface area contributed by atoms with Crippen molar-refractivity contribution in [3.63, 3.8) is 0 Å². The number of piperidine rings is 1. The van der Waals surface area contributed by atoms with Crippen molar-refractivity contribution in [2.75, 3.05) is 33.3 Å². The molecule has 176 valence electrons. The van der Waals surface area contributed by atoms with Crippen LogP contribution in [0.15, 0.2) is 29.3 Å². The van der Waals surface area contributed by atoms with E-state index in [1.807, 2.05) is 19.2 Å². The van der Waals surface area contributed by atoms with Gasteiger partial charge in [0.15, 0.2) is 5.96 Å². The monoisotopic (exact) mass is 546 g/mol. The van der Waals surface area contributed by atoms with Gasteiger partial charge in [0.05, 0.1) is 6.10 Å². The van der Waals surface area contributed by atoms with Gasteiger partial charge in [0.2, 0.25) is 0 Å². The molecule has 31 heavy (non-hydrogen) atoms. The number of rotatable bonds is 5. The van der Waals surface area contributed by atoms with Crippen LogP contribution in [0.1, 0.15) is 52.0 Å². The molecular weight excluding hydrogens is 506 g/mol. The standard InChI is InChI=1S/C24H39FN4O.HI/c1-24(2,3)22-19(6-5-15-30-22)16-27-23(26-4)28-21-11-13-29(14-12-21)17-18-7-9-20(25)10-8-18;/h7-10,19,21-22H,5-6,11-17H2,1-4H3,(H2,26,27,28);1H. The van der Waals surface area contributed by atoms with E-state index in [1.165, 1.54) is 12.0 Å². The fourth-order valence-electron chi connectivity index (χ4n) is 4.71. The van der Waals surface area contributed by atoms with E-state index in [1.54, 1.807) is 12.1 Å². The molecule has 2 heterocycles. The Bertz CT molecular complexity index is 684. The van der Waals surface area contributed by atoms with E-state index in [9.17, 15) is 4.39 Å². The normalized spacial score (nSPS) is 23.8. The van der Waals surface area contributed by atoms with Crippen LogP contribution in [0.25, 0.3) is 0 Å². The van der Waals surface area contributed by atoms with Crippen LogP contribution < -0.4 is 10.6 Å². The van der Waals surface area contributed by atoms with Gasteiger partial charge in [0.25, 0.3) is 0 Å². The number of hydrogen-bond acceptors (Lipinski definition) is 3. The zero-order valence-electron chi connectivity index (χ0n) is 19.5. The van der Waals surface area contributed by atoms with E-state index in [2.05, 4.69) is 41.3 Å². The van der Waals surface area contributed by atoms with Crippen LogP contribution >= 0.6 is 24.0 Å². The predicted molar refractivity (Wildman–Crippen MR) is 137 cm³/mol. The Hall–Kier alpha value is -0.930. The van der Waals surface area contributed by atoms with Crippen molar-refractivity contribution in [3.8, 4) is 0 Å². The van der Waals surface area contributed by atoms with Crippen molar-refractivity contribution in [1.82, 2.24) is 15.5 Å². The largest absolute Gasteiger partial charge is 0.377 e. The van der Waals surface area contributed by atoms with E-state index < -0.39 is 0 Å². The molecule has 2 fully saturated rings. The minimum Gasteiger partial charge on any atom is -0.377 e. The van der Waals surface area contributed by atoms with E-state index in [4.69, 9.17) is 4.74 Å². The first-order valence-corrected chi connectivity index (χ1v) is 11.4. The van der Waals surface area contributed by atoms with Crippen molar-refractivity contribution in [3.05, 3.63) is 35.6 Å². The third kappa shape index (κ3) is 8.17. The van der Waals surface area contributed by atoms with E-state index in [0.29, 0.717) is 12.0 Å². The fourth-order valence-corrected chi connectivity index (χ4v) is 4.71. The van der Waals surface area contributed by atoms with E-state index in [-0.39, 0.29) is 41.3 Å². The maximum atomic E-state index is 13.1. The highest BCUT2D eigenvalue weighted by Crippen LogP contribution is 2.33. The van der Waals surface area contributed by atoms with Crippen molar-refractivity contribution >= 4 is 29.9 Å². The van der Waals surface area contributed by atoms with Crippen LogP contribution in [-0.2, 0) is 11.3 Å². The molecule has 2 atom stereocenters. The Morgan fingerprint density at radius 3 is 2.45 bits per heavy atom. The van der Waals surface area contributed by atoms with Crippen LogP contribution in [0.4, 0.5) is 4.39 Å². The van der Waals surface area contributed by atoms with Crippen LogP contribution in [0.5, 0.6) is 0 Å². The predicted octanol–water partition coefficient (Wildman–Crippen LogP) is 4.41. The summed E-state index contributed by atoms with van der Waals surface area (Å²) in [5, 5.41) is 7.17. The second-order valence-corrected chi connectivity index (χ2v) is 9.83. The molecule has 0 spiro atoms. The number of guanidine groups is 1. The van der Waals surface area contributed by atoms with Gasteiger partial charge >= 0.3 is 0 Å².